The number of nitrogens with one attached hydrogen (secondary N) is 1. The van der Waals surface area contributed by atoms with Gasteiger partial charge in [0, 0.05) is 11.1 Å². The minimum Gasteiger partial charge on any atom is -0.872 e. The van der Waals surface area contributed by atoms with E-state index >= 15 is 0 Å². The molecule has 3 rings (SSSR count). The molecule has 0 radical (unpaired) electrons. The van der Waals surface area contributed by atoms with Crippen LogP contribution in [-0.2, 0) is 9.59 Å². The van der Waals surface area contributed by atoms with Crippen LogP contribution in [0.4, 0.5) is 0 Å². The minimum absolute atomic E-state index is 0.103. The van der Waals surface area contributed by atoms with E-state index in [0.29, 0.717) is 36.8 Å². The van der Waals surface area contributed by atoms with Gasteiger partial charge in [-0.3, -0.25) is 9.59 Å². The molecule has 1 saturated heterocycles. The van der Waals surface area contributed by atoms with Crippen molar-refractivity contribution in [1.82, 2.24) is 4.90 Å². The SMILES string of the molecule is CCOc1ccc(/C([O-])=C2\C(=O)C(=O)N(CC[NH+](C)C)C2c2ccccc2OC)cc1Cl. The number of benzene rings is 2. The Kier molecular flexibility index (Phi) is 7.43. The molecule has 1 atom stereocenters. The lowest BCUT2D eigenvalue weighted by molar-refractivity contribution is -0.857. The first-order valence-corrected chi connectivity index (χ1v) is 10.8. The molecule has 1 amide bonds. The molecule has 1 N–H and O–H groups in total. The van der Waals surface area contributed by atoms with E-state index in [2.05, 4.69) is 0 Å². The van der Waals surface area contributed by atoms with Gasteiger partial charge in [-0.05, 0) is 30.7 Å². The minimum atomic E-state index is -0.844. The Labute approximate surface area is 192 Å². The first kappa shape index (κ1) is 23.6. The molecule has 1 heterocycles. The number of methoxy groups -OCH3 is 1. The average molecular weight is 459 g/mol. The Morgan fingerprint density at radius 3 is 2.50 bits per heavy atom. The molecule has 1 aliphatic rings. The highest BCUT2D eigenvalue weighted by Gasteiger charge is 2.45. The number of hydrogen-bond acceptors (Lipinski definition) is 5. The molecule has 0 spiro atoms. The highest BCUT2D eigenvalue weighted by Crippen LogP contribution is 2.42. The molecule has 0 saturated carbocycles. The van der Waals surface area contributed by atoms with Gasteiger partial charge in [0.2, 0.25) is 5.78 Å². The Bertz CT molecular complexity index is 1050. The second-order valence-corrected chi connectivity index (χ2v) is 8.16. The van der Waals surface area contributed by atoms with E-state index in [1.807, 2.05) is 21.0 Å². The number of likely N-dealkylation sites (N-methyl/N-ethyl adjacent to an activating group) is 1. The summed E-state index contributed by atoms with van der Waals surface area (Å²) in [6, 6.07) is 10.9. The van der Waals surface area contributed by atoms with Crippen LogP contribution in [0.5, 0.6) is 11.5 Å². The average Bonchev–Trinajstić information content (AvgIpc) is 3.03. The molecular formula is C24H27ClN2O5. The van der Waals surface area contributed by atoms with Gasteiger partial charge in [-0.1, -0.05) is 41.6 Å². The fraction of sp³-hybridized carbons (Fsp3) is 0.333. The summed E-state index contributed by atoms with van der Waals surface area (Å²) in [6.07, 6.45) is 0. The lowest BCUT2D eigenvalue weighted by Crippen LogP contribution is -3.06. The van der Waals surface area contributed by atoms with Gasteiger partial charge in [-0.15, -0.1) is 0 Å². The highest BCUT2D eigenvalue weighted by molar-refractivity contribution is 6.46. The Morgan fingerprint density at radius 1 is 1.16 bits per heavy atom. The van der Waals surface area contributed by atoms with E-state index in [1.54, 1.807) is 36.4 Å². The van der Waals surface area contributed by atoms with Crippen molar-refractivity contribution in [3.8, 4) is 11.5 Å². The number of carbonyl (C=O) groups excluding carboxylic acids is 2. The number of ether oxygens (including phenoxy) is 2. The van der Waals surface area contributed by atoms with Crippen molar-refractivity contribution in [3.63, 3.8) is 0 Å². The van der Waals surface area contributed by atoms with E-state index in [9.17, 15) is 14.7 Å². The molecule has 8 heteroatoms. The van der Waals surface area contributed by atoms with Crippen LogP contribution >= 0.6 is 11.6 Å². The van der Waals surface area contributed by atoms with E-state index in [-0.39, 0.29) is 16.2 Å². The first-order valence-electron chi connectivity index (χ1n) is 10.4. The van der Waals surface area contributed by atoms with Gasteiger partial charge in [-0.25, -0.2) is 0 Å². The monoisotopic (exact) mass is 458 g/mol. The van der Waals surface area contributed by atoms with Crippen LogP contribution in [0.15, 0.2) is 48.0 Å². The number of Topliss-reactive ketones (excluding diaryl/α,β-unsaturated/α-hetero) is 1. The predicted molar refractivity (Wildman–Crippen MR) is 120 cm³/mol. The van der Waals surface area contributed by atoms with E-state index in [0.717, 1.165) is 4.90 Å². The van der Waals surface area contributed by atoms with Crippen LogP contribution in [0.3, 0.4) is 0 Å². The van der Waals surface area contributed by atoms with E-state index in [1.165, 1.54) is 18.1 Å². The van der Waals surface area contributed by atoms with Gasteiger partial charge >= 0.3 is 0 Å². The van der Waals surface area contributed by atoms with E-state index < -0.39 is 23.5 Å². The lowest BCUT2D eigenvalue weighted by atomic mass is 9.94. The highest BCUT2D eigenvalue weighted by atomic mass is 35.5. The number of ketones is 1. The van der Waals surface area contributed by atoms with Gasteiger partial charge in [0.15, 0.2) is 0 Å². The number of amides is 1. The maximum absolute atomic E-state index is 13.5. The van der Waals surface area contributed by atoms with Crippen LogP contribution in [0, 0.1) is 0 Å². The second-order valence-electron chi connectivity index (χ2n) is 7.75. The van der Waals surface area contributed by atoms with Crippen LogP contribution in [0.2, 0.25) is 5.02 Å². The number of halogens is 1. The smallest absolute Gasteiger partial charge is 0.295 e. The summed E-state index contributed by atoms with van der Waals surface area (Å²) in [4.78, 5) is 28.6. The summed E-state index contributed by atoms with van der Waals surface area (Å²) in [5, 5.41) is 13.8. The zero-order valence-corrected chi connectivity index (χ0v) is 19.4. The molecule has 1 unspecified atom stereocenters. The number of hydrogen-bond donors (Lipinski definition) is 1. The molecule has 170 valence electrons. The summed E-state index contributed by atoms with van der Waals surface area (Å²) in [5.41, 5.74) is 0.700. The van der Waals surface area contributed by atoms with Crippen molar-refractivity contribution >= 4 is 29.1 Å². The molecule has 2 aromatic carbocycles. The molecule has 7 nitrogen and oxygen atoms in total. The van der Waals surface area contributed by atoms with Crippen molar-refractivity contribution in [2.75, 3.05) is 40.9 Å². The summed E-state index contributed by atoms with van der Waals surface area (Å²) in [6.45, 7) is 3.18. The van der Waals surface area contributed by atoms with Crippen LogP contribution in [0.25, 0.3) is 5.76 Å². The Hall–Kier alpha value is -3.03. The number of carbonyl (C=O) groups is 2. The van der Waals surface area contributed by atoms with Crippen LogP contribution in [0.1, 0.15) is 24.1 Å². The largest absolute Gasteiger partial charge is 0.872 e. The second kappa shape index (κ2) is 10.1. The number of likely N-dealkylation sites (tertiary alicyclic amines) is 1. The number of quaternary nitrogens is 1. The molecule has 0 aromatic heterocycles. The summed E-state index contributed by atoms with van der Waals surface area (Å²) in [5.74, 6) is -1.09. The molecule has 2 aromatic rings. The predicted octanol–water partition coefficient (Wildman–Crippen LogP) is 1.12. The third kappa shape index (κ3) is 4.59. The fourth-order valence-electron chi connectivity index (χ4n) is 3.73. The quantitative estimate of drug-likeness (QED) is 0.364. The molecular weight excluding hydrogens is 432 g/mol. The summed E-state index contributed by atoms with van der Waals surface area (Å²) >= 11 is 6.27. The van der Waals surface area contributed by atoms with Crippen molar-refractivity contribution in [3.05, 3.63) is 64.2 Å². The first-order chi connectivity index (χ1) is 15.3. The zero-order valence-electron chi connectivity index (χ0n) is 18.6. The maximum atomic E-state index is 13.5. The molecule has 1 fully saturated rings. The van der Waals surface area contributed by atoms with Gasteiger partial charge in [0.05, 0.1) is 52.0 Å². The number of para-hydroxylation sites is 1. The van der Waals surface area contributed by atoms with Crippen molar-refractivity contribution in [2.24, 2.45) is 0 Å². The van der Waals surface area contributed by atoms with Crippen LogP contribution < -0.4 is 19.5 Å². The van der Waals surface area contributed by atoms with Gasteiger partial charge in [0.1, 0.15) is 11.5 Å². The topological polar surface area (TPSA) is 83.3 Å². The van der Waals surface area contributed by atoms with Crippen molar-refractivity contribution < 1.29 is 29.1 Å². The Balaban J connectivity index is 2.17. The third-order valence-corrected chi connectivity index (χ3v) is 5.60. The van der Waals surface area contributed by atoms with Crippen molar-refractivity contribution in [1.29, 1.82) is 0 Å². The molecule has 0 bridgehead atoms. The normalized spacial score (nSPS) is 17.8. The summed E-state index contributed by atoms with van der Waals surface area (Å²) in [7, 11) is 5.43. The number of nitrogens with zero attached hydrogens (tertiary/aromatic N) is 1. The van der Waals surface area contributed by atoms with E-state index in [4.69, 9.17) is 21.1 Å². The molecule has 0 aliphatic carbocycles. The zero-order chi connectivity index (χ0) is 23.4. The third-order valence-electron chi connectivity index (χ3n) is 5.31. The van der Waals surface area contributed by atoms with Crippen molar-refractivity contribution in [2.45, 2.75) is 13.0 Å². The summed E-state index contributed by atoms with van der Waals surface area (Å²) < 4.78 is 10.9. The molecule has 32 heavy (non-hydrogen) atoms. The van der Waals surface area contributed by atoms with Gasteiger partial charge < -0.3 is 24.4 Å². The fourth-order valence-corrected chi connectivity index (χ4v) is 3.97. The lowest BCUT2D eigenvalue weighted by Gasteiger charge is -2.28. The van der Waals surface area contributed by atoms with Gasteiger partial charge in [0.25, 0.3) is 5.91 Å². The Morgan fingerprint density at radius 2 is 1.88 bits per heavy atom. The maximum Gasteiger partial charge on any atom is 0.295 e. The van der Waals surface area contributed by atoms with Gasteiger partial charge in [-0.2, -0.15) is 0 Å². The molecule has 1 aliphatic heterocycles. The van der Waals surface area contributed by atoms with Crippen LogP contribution in [-0.4, -0.2) is 57.5 Å². The number of rotatable bonds is 8. The standard InChI is InChI=1S/C24H27ClN2O5/c1-5-32-19-11-10-15(14-17(19)25)22(28)20-21(16-8-6-7-9-18(16)31-4)27(13-12-26(2)3)24(30)23(20)29/h6-11,14,21,28H,5,12-13H2,1-4H3/b22-20+.